The summed E-state index contributed by atoms with van der Waals surface area (Å²) >= 11 is 0. The van der Waals surface area contributed by atoms with Crippen LogP contribution in [0.25, 0.3) is 0 Å². The second-order valence-corrected chi connectivity index (χ2v) is 5.46. The second-order valence-electron chi connectivity index (χ2n) is 5.46. The largest absolute Gasteiger partial charge is 0.390 e. The molecule has 1 aromatic rings. The SMILES string of the molecule is Cc1cc(NN)ccc1C(=O)N1CCC(C)(O)CC1. The van der Waals surface area contributed by atoms with Crippen molar-refractivity contribution >= 4 is 11.6 Å². The number of nitrogens with one attached hydrogen (secondary N) is 1. The molecular formula is C14H21N3O2. The van der Waals surface area contributed by atoms with Gasteiger partial charge in [0, 0.05) is 24.3 Å². The van der Waals surface area contributed by atoms with Crippen LogP contribution in [0.4, 0.5) is 5.69 Å². The van der Waals surface area contributed by atoms with Crippen LogP contribution >= 0.6 is 0 Å². The maximum Gasteiger partial charge on any atom is 0.254 e. The van der Waals surface area contributed by atoms with Gasteiger partial charge < -0.3 is 15.4 Å². The first-order valence-corrected chi connectivity index (χ1v) is 6.52. The van der Waals surface area contributed by atoms with Crippen LogP contribution < -0.4 is 11.3 Å². The molecule has 5 heteroatoms. The van der Waals surface area contributed by atoms with Crippen LogP contribution in [0, 0.1) is 6.92 Å². The van der Waals surface area contributed by atoms with Crippen LogP contribution in [-0.2, 0) is 0 Å². The van der Waals surface area contributed by atoms with Crippen molar-refractivity contribution in [3.8, 4) is 0 Å². The quantitative estimate of drug-likeness (QED) is 0.554. The number of benzene rings is 1. The van der Waals surface area contributed by atoms with Crippen molar-refractivity contribution in [1.82, 2.24) is 4.90 Å². The molecule has 0 bridgehead atoms. The first-order chi connectivity index (χ1) is 8.93. The number of piperidine rings is 1. The highest BCUT2D eigenvalue weighted by atomic mass is 16.3. The van der Waals surface area contributed by atoms with Gasteiger partial charge in [-0.25, -0.2) is 0 Å². The van der Waals surface area contributed by atoms with Gasteiger partial charge in [0.1, 0.15) is 0 Å². The number of nitrogen functional groups attached to an aromatic ring is 1. The molecule has 0 atom stereocenters. The monoisotopic (exact) mass is 263 g/mol. The van der Waals surface area contributed by atoms with E-state index in [1.165, 1.54) is 0 Å². The lowest BCUT2D eigenvalue weighted by atomic mass is 9.93. The molecule has 2 rings (SSSR count). The Morgan fingerprint density at radius 3 is 2.58 bits per heavy atom. The van der Waals surface area contributed by atoms with Gasteiger partial charge in [0.05, 0.1) is 5.60 Å². The molecule has 1 aliphatic rings. The fourth-order valence-electron chi connectivity index (χ4n) is 2.36. The molecule has 0 aliphatic carbocycles. The van der Waals surface area contributed by atoms with E-state index in [9.17, 15) is 9.90 Å². The highest BCUT2D eigenvalue weighted by molar-refractivity contribution is 5.96. The second kappa shape index (κ2) is 5.19. The number of hydrazine groups is 1. The van der Waals surface area contributed by atoms with Gasteiger partial charge in [-0.3, -0.25) is 10.6 Å². The molecule has 0 spiro atoms. The van der Waals surface area contributed by atoms with Gasteiger partial charge in [-0.1, -0.05) is 0 Å². The molecule has 0 radical (unpaired) electrons. The predicted molar refractivity (Wildman–Crippen MR) is 74.8 cm³/mol. The van der Waals surface area contributed by atoms with E-state index in [2.05, 4.69) is 5.43 Å². The van der Waals surface area contributed by atoms with E-state index in [0.29, 0.717) is 31.5 Å². The molecule has 1 aromatic carbocycles. The number of amides is 1. The zero-order valence-electron chi connectivity index (χ0n) is 11.4. The fourth-order valence-corrected chi connectivity index (χ4v) is 2.36. The summed E-state index contributed by atoms with van der Waals surface area (Å²) in [5, 5.41) is 9.91. The van der Waals surface area contributed by atoms with Crippen molar-refractivity contribution in [1.29, 1.82) is 0 Å². The number of nitrogens with zero attached hydrogens (tertiary/aromatic N) is 1. The summed E-state index contributed by atoms with van der Waals surface area (Å²) in [6, 6.07) is 5.44. The summed E-state index contributed by atoms with van der Waals surface area (Å²) in [5.74, 6) is 5.37. The molecule has 19 heavy (non-hydrogen) atoms. The molecule has 1 saturated heterocycles. The van der Waals surface area contributed by atoms with Crippen molar-refractivity contribution in [3.05, 3.63) is 29.3 Å². The van der Waals surface area contributed by atoms with Crippen molar-refractivity contribution in [2.75, 3.05) is 18.5 Å². The van der Waals surface area contributed by atoms with Crippen molar-refractivity contribution in [2.45, 2.75) is 32.3 Å². The van der Waals surface area contributed by atoms with Gasteiger partial charge in [0.2, 0.25) is 0 Å². The van der Waals surface area contributed by atoms with Crippen LogP contribution in [0.2, 0.25) is 0 Å². The maximum absolute atomic E-state index is 12.4. The van der Waals surface area contributed by atoms with E-state index in [4.69, 9.17) is 5.84 Å². The number of rotatable bonds is 2. The van der Waals surface area contributed by atoms with E-state index in [-0.39, 0.29) is 5.91 Å². The van der Waals surface area contributed by atoms with E-state index >= 15 is 0 Å². The molecule has 1 amide bonds. The Hall–Kier alpha value is -1.59. The Kier molecular flexibility index (Phi) is 3.78. The molecular weight excluding hydrogens is 242 g/mol. The normalized spacial score (nSPS) is 18.2. The highest BCUT2D eigenvalue weighted by Crippen LogP contribution is 2.23. The summed E-state index contributed by atoms with van der Waals surface area (Å²) in [4.78, 5) is 14.2. The first kappa shape index (κ1) is 13.8. The summed E-state index contributed by atoms with van der Waals surface area (Å²) < 4.78 is 0. The summed E-state index contributed by atoms with van der Waals surface area (Å²) in [6.45, 7) is 4.92. The Bertz CT molecular complexity index is 476. The summed E-state index contributed by atoms with van der Waals surface area (Å²) in [5.41, 5.74) is 4.31. The lowest BCUT2D eigenvalue weighted by Gasteiger charge is -2.36. The van der Waals surface area contributed by atoms with Gasteiger partial charge >= 0.3 is 0 Å². The topological polar surface area (TPSA) is 78.6 Å². The number of anilines is 1. The Morgan fingerprint density at radius 2 is 2.05 bits per heavy atom. The van der Waals surface area contributed by atoms with Crippen molar-refractivity contribution in [2.24, 2.45) is 5.84 Å². The molecule has 5 nitrogen and oxygen atoms in total. The van der Waals surface area contributed by atoms with Crippen LogP contribution in [0.5, 0.6) is 0 Å². The van der Waals surface area contributed by atoms with E-state index in [1.54, 1.807) is 17.0 Å². The minimum absolute atomic E-state index is 0.0246. The highest BCUT2D eigenvalue weighted by Gasteiger charge is 2.30. The van der Waals surface area contributed by atoms with Crippen molar-refractivity contribution in [3.63, 3.8) is 0 Å². The number of nitrogens with two attached hydrogens (primary N) is 1. The average Bonchev–Trinajstić information content (AvgIpc) is 2.37. The Morgan fingerprint density at radius 1 is 1.42 bits per heavy atom. The molecule has 4 N–H and O–H groups in total. The van der Waals surface area contributed by atoms with Crippen molar-refractivity contribution < 1.29 is 9.90 Å². The first-order valence-electron chi connectivity index (χ1n) is 6.52. The summed E-state index contributed by atoms with van der Waals surface area (Å²) in [7, 11) is 0. The molecule has 1 heterocycles. The molecule has 104 valence electrons. The third kappa shape index (κ3) is 3.05. The molecule has 1 aliphatic heterocycles. The molecule has 0 aromatic heterocycles. The number of carbonyl (C=O) groups is 1. The number of hydrogen-bond acceptors (Lipinski definition) is 4. The Balaban J connectivity index is 2.12. The molecule has 0 saturated carbocycles. The third-order valence-corrected chi connectivity index (χ3v) is 3.75. The van der Waals surface area contributed by atoms with Gasteiger partial charge in [-0.2, -0.15) is 0 Å². The van der Waals surface area contributed by atoms with Gasteiger partial charge in [0.15, 0.2) is 0 Å². The minimum atomic E-state index is -0.640. The number of aliphatic hydroxyl groups is 1. The standard InChI is InChI=1S/C14H21N3O2/c1-10-9-11(16-15)3-4-12(10)13(18)17-7-5-14(2,19)6-8-17/h3-4,9,16,19H,5-8,15H2,1-2H3. The Labute approximate surface area is 113 Å². The predicted octanol–water partition coefficient (Wildman–Crippen LogP) is 1.27. The molecule has 1 fully saturated rings. The molecule has 0 unspecified atom stereocenters. The van der Waals surface area contributed by atoms with Crippen LogP contribution in [0.3, 0.4) is 0 Å². The lowest BCUT2D eigenvalue weighted by molar-refractivity contribution is -0.00203. The van der Waals surface area contributed by atoms with Gasteiger partial charge in [0.25, 0.3) is 5.91 Å². The fraction of sp³-hybridized carbons (Fsp3) is 0.500. The third-order valence-electron chi connectivity index (χ3n) is 3.75. The minimum Gasteiger partial charge on any atom is -0.390 e. The average molecular weight is 263 g/mol. The summed E-state index contributed by atoms with van der Waals surface area (Å²) in [6.07, 6.45) is 1.25. The zero-order valence-corrected chi connectivity index (χ0v) is 11.4. The van der Waals surface area contributed by atoms with Crippen LogP contribution in [-0.4, -0.2) is 34.6 Å². The van der Waals surface area contributed by atoms with Gasteiger partial charge in [-0.15, -0.1) is 0 Å². The number of carbonyl (C=O) groups excluding carboxylic acids is 1. The van der Waals surface area contributed by atoms with Crippen LogP contribution in [0.15, 0.2) is 18.2 Å². The smallest absolute Gasteiger partial charge is 0.254 e. The lowest BCUT2D eigenvalue weighted by Crippen LogP contribution is -2.45. The maximum atomic E-state index is 12.4. The zero-order chi connectivity index (χ0) is 14.0. The van der Waals surface area contributed by atoms with E-state index in [0.717, 1.165) is 11.3 Å². The number of aryl methyl sites for hydroxylation is 1. The number of likely N-dealkylation sites (tertiary alicyclic amines) is 1. The van der Waals surface area contributed by atoms with Gasteiger partial charge in [-0.05, 0) is 50.5 Å². The number of hydrogen-bond donors (Lipinski definition) is 3. The van der Waals surface area contributed by atoms with Crippen LogP contribution in [0.1, 0.15) is 35.7 Å². The van der Waals surface area contributed by atoms with E-state index in [1.807, 2.05) is 19.9 Å². The van der Waals surface area contributed by atoms with E-state index < -0.39 is 5.60 Å².